The van der Waals surface area contributed by atoms with E-state index >= 15 is 0 Å². The van der Waals surface area contributed by atoms with Gasteiger partial charge in [-0.3, -0.25) is 0 Å². The molecule has 0 saturated heterocycles. The maximum atomic E-state index is 6.47. The summed E-state index contributed by atoms with van der Waals surface area (Å²) in [7, 11) is 0. The smallest absolute Gasteiger partial charge is 0.246 e. The minimum atomic E-state index is -0.488. The van der Waals surface area contributed by atoms with Crippen LogP contribution in [-0.4, -0.2) is 16.8 Å². The van der Waals surface area contributed by atoms with Crippen LogP contribution in [0.5, 0.6) is 11.5 Å². The summed E-state index contributed by atoms with van der Waals surface area (Å²) >= 11 is 9.81. The van der Waals surface area contributed by atoms with Crippen LogP contribution in [0.4, 0.5) is 0 Å². The maximum Gasteiger partial charge on any atom is 0.246 e. The molecule has 2 aliphatic heterocycles. The Bertz CT molecular complexity index is 1450. The topological polar surface area (TPSA) is 47.2 Å². The van der Waals surface area contributed by atoms with Crippen LogP contribution in [0.3, 0.4) is 0 Å². The highest BCUT2D eigenvalue weighted by Gasteiger charge is 2.42. The van der Waals surface area contributed by atoms with Crippen molar-refractivity contribution in [3.8, 4) is 22.8 Å². The van der Waals surface area contributed by atoms with Crippen molar-refractivity contribution >= 4 is 33.2 Å². The Morgan fingerprint density at radius 2 is 1.83 bits per heavy atom. The summed E-state index contributed by atoms with van der Waals surface area (Å²) in [4.78, 5) is 0. The SMILES string of the molecule is CC(C)Oc1ccc(C2=NN3[C@@H](C2)c2cc(Br)ccc2O[C@H]3c2ccc(-c3cccc(Cl)c3)o2)cc1. The Kier molecular flexibility index (Phi) is 6.02. The number of hydrazone groups is 1. The van der Waals surface area contributed by atoms with Gasteiger partial charge in [0.1, 0.15) is 17.3 Å². The van der Waals surface area contributed by atoms with E-state index in [1.54, 1.807) is 0 Å². The highest BCUT2D eigenvalue weighted by Crippen LogP contribution is 2.48. The summed E-state index contributed by atoms with van der Waals surface area (Å²) < 4.78 is 19.6. The first-order valence-corrected chi connectivity index (χ1v) is 13.1. The van der Waals surface area contributed by atoms with E-state index in [0.29, 0.717) is 10.8 Å². The van der Waals surface area contributed by atoms with Crippen LogP contribution < -0.4 is 9.47 Å². The number of nitrogens with zero attached hydrogens (tertiary/aromatic N) is 2. The molecule has 2 aliphatic rings. The van der Waals surface area contributed by atoms with Crippen molar-refractivity contribution in [2.75, 3.05) is 0 Å². The Balaban J connectivity index is 1.36. The summed E-state index contributed by atoms with van der Waals surface area (Å²) in [5.74, 6) is 3.11. The van der Waals surface area contributed by atoms with Gasteiger partial charge in [0, 0.05) is 27.0 Å². The van der Waals surface area contributed by atoms with Crippen LogP contribution in [0.1, 0.15) is 49.4 Å². The molecule has 0 fully saturated rings. The molecule has 1 aromatic heterocycles. The van der Waals surface area contributed by atoms with E-state index in [1.165, 1.54) is 0 Å². The second-order valence-corrected chi connectivity index (χ2v) is 10.6. The average molecular weight is 564 g/mol. The van der Waals surface area contributed by atoms with Crippen molar-refractivity contribution in [1.82, 2.24) is 5.01 Å². The quantitative estimate of drug-likeness (QED) is 0.245. The van der Waals surface area contributed by atoms with Crippen molar-refractivity contribution in [1.29, 1.82) is 0 Å². The van der Waals surface area contributed by atoms with E-state index in [2.05, 4.69) is 34.1 Å². The second-order valence-electron chi connectivity index (χ2n) is 9.20. The number of ether oxygens (including phenoxy) is 2. The van der Waals surface area contributed by atoms with Gasteiger partial charge in [-0.2, -0.15) is 5.10 Å². The third-order valence-corrected chi connectivity index (χ3v) is 7.02. The summed E-state index contributed by atoms with van der Waals surface area (Å²) in [6.07, 6.45) is 0.402. The molecule has 0 bridgehead atoms. The minimum Gasteiger partial charge on any atom is -0.491 e. The van der Waals surface area contributed by atoms with Crippen molar-refractivity contribution in [3.63, 3.8) is 0 Å². The van der Waals surface area contributed by atoms with Crippen LogP contribution in [0.25, 0.3) is 11.3 Å². The Labute approximate surface area is 223 Å². The molecule has 2 atom stereocenters. The molecule has 6 rings (SSSR count). The van der Waals surface area contributed by atoms with Gasteiger partial charge < -0.3 is 13.9 Å². The lowest BCUT2D eigenvalue weighted by atomic mass is 9.96. The second kappa shape index (κ2) is 9.34. The summed E-state index contributed by atoms with van der Waals surface area (Å²) in [6.45, 7) is 4.05. The van der Waals surface area contributed by atoms with Crippen molar-refractivity contribution < 1.29 is 13.9 Å². The lowest BCUT2D eigenvalue weighted by Gasteiger charge is -2.37. The number of furan rings is 1. The van der Waals surface area contributed by atoms with Crippen LogP contribution in [0.2, 0.25) is 5.02 Å². The molecular formula is C29H24BrClN2O3. The molecule has 182 valence electrons. The van der Waals surface area contributed by atoms with Gasteiger partial charge in [0.2, 0.25) is 6.23 Å². The van der Waals surface area contributed by atoms with E-state index < -0.39 is 6.23 Å². The number of fused-ring (bicyclic) bond motifs is 3. The largest absolute Gasteiger partial charge is 0.491 e. The zero-order chi connectivity index (χ0) is 24.8. The predicted molar refractivity (Wildman–Crippen MR) is 145 cm³/mol. The molecule has 0 unspecified atom stereocenters. The van der Waals surface area contributed by atoms with Crippen LogP contribution in [-0.2, 0) is 0 Å². The molecule has 0 N–H and O–H groups in total. The fourth-order valence-electron chi connectivity index (χ4n) is 4.70. The third kappa shape index (κ3) is 4.40. The van der Waals surface area contributed by atoms with Crippen LogP contribution in [0, 0.1) is 0 Å². The molecule has 0 spiro atoms. The zero-order valence-electron chi connectivity index (χ0n) is 19.8. The lowest BCUT2D eigenvalue weighted by Crippen LogP contribution is -2.33. The average Bonchev–Trinajstić information content (AvgIpc) is 3.52. The molecule has 0 saturated carbocycles. The number of halogens is 2. The fraction of sp³-hybridized carbons (Fsp3) is 0.207. The molecule has 5 nitrogen and oxygen atoms in total. The zero-order valence-corrected chi connectivity index (χ0v) is 22.2. The lowest BCUT2D eigenvalue weighted by molar-refractivity contribution is -0.0322. The first-order chi connectivity index (χ1) is 17.4. The van der Waals surface area contributed by atoms with Crippen molar-refractivity contribution in [2.45, 2.75) is 38.6 Å². The van der Waals surface area contributed by atoms with Gasteiger partial charge in [-0.15, -0.1) is 0 Å². The monoisotopic (exact) mass is 562 g/mol. The number of rotatable bonds is 5. The van der Waals surface area contributed by atoms with E-state index in [1.807, 2.05) is 79.5 Å². The van der Waals surface area contributed by atoms with Gasteiger partial charge >= 0.3 is 0 Å². The van der Waals surface area contributed by atoms with E-state index in [9.17, 15) is 0 Å². The van der Waals surface area contributed by atoms with Crippen LogP contribution >= 0.6 is 27.5 Å². The van der Waals surface area contributed by atoms with Gasteiger partial charge in [0.05, 0.1) is 17.9 Å². The molecule has 36 heavy (non-hydrogen) atoms. The van der Waals surface area contributed by atoms with E-state index in [-0.39, 0.29) is 12.1 Å². The molecule has 0 aliphatic carbocycles. The van der Waals surface area contributed by atoms with Crippen molar-refractivity contribution in [2.24, 2.45) is 5.10 Å². The first-order valence-electron chi connectivity index (χ1n) is 11.9. The highest BCUT2D eigenvalue weighted by molar-refractivity contribution is 9.10. The Morgan fingerprint density at radius 3 is 2.61 bits per heavy atom. The van der Waals surface area contributed by atoms with Gasteiger partial charge in [0.25, 0.3) is 0 Å². The fourth-order valence-corrected chi connectivity index (χ4v) is 5.27. The maximum absolute atomic E-state index is 6.47. The Hall–Kier alpha value is -3.22. The number of hydrogen-bond donors (Lipinski definition) is 0. The third-order valence-electron chi connectivity index (χ3n) is 6.29. The van der Waals surface area contributed by atoms with Gasteiger partial charge in [-0.1, -0.05) is 39.7 Å². The molecule has 4 aromatic rings. The molecule has 0 radical (unpaired) electrons. The van der Waals surface area contributed by atoms with Crippen molar-refractivity contribution in [3.05, 3.63) is 105 Å². The Morgan fingerprint density at radius 1 is 1.00 bits per heavy atom. The molecule has 3 aromatic carbocycles. The molecule has 0 amide bonds. The van der Waals surface area contributed by atoms with E-state index in [0.717, 1.165) is 50.6 Å². The van der Waals surface area contributed by atoms with Crippen LogP contribution in [0.15, 0.2) is 92.9 Å². The highest BCUT2D eigenvalue weighted by atomic mass is 79.9. The van der Waals surface area contributed by atoms with Gasteiger partial charge in [-0.05, 0) is 86.1 Å². The number of hydrogen-bond acceptors (Lipinski definition) is 5. The van der Waals surface area contributed by atoms with E-state index in [4.69, 9.17) is 30.6 Å². The number of benzene rings is 3. The standard InChI is InChI=1S/C29H24BrClN2O3/c1-17(2)34-22-9-6-18(7-10-22)24-16-25-23-15-20(30)8-11-27(23)36-29(33(25)32-24)28-13-12-26(35-28)19-4-3-5-21(31)14-19/h3-15,17,25,29H,16H2,1-2H3/t25-,29-/m0/s1. The minimum absolute atomic E-state index is 0.0255. The van der Waals surface area contributed by atoms with Gasteiger partial charge in [-0.25, -0.2) is 5.01 Å². The summed E-state index contributed by atoms with van der Waals surface area (Å²) in [6, 6.07) is 25.8. The molecule has 7 heteroatoms. The first kappa shape index (κ1) is 23.2. The normalized spacial score (nSPS) is 18.5. The summed E-state index contributed by atoms with van der Waals surface area (Å²) in [5, 5.41) is 7.72. The predicted octanol–water partition coefficient (Wildman–Crippen LogP) is 8.39. The molecule has 3 heterocycles. The molecular weight excluding hydrogens is 540 g/mol. The van der Waals surface area contributed by atoms with Gasteiger partial charge in [0.15, 0.2) is 5.76 Å². The summed E-state index contributed by atoms with van der Waals surface area (Å²) in [5.41, 5.74) is 4.08.